The van der Waals surface area contributed by atoms with Crippen molar-refractivity contribution in [3.05, 3.63) is 76.7 Å². The SMILES string of the molecule is Cc1ccccc1-n1cc(-c2ccccc2)c(=O)[nH]1. The van der Waals surface area contributed by atoms with Crippen LogP contribution in [0.3, 0.4) is 0 Å². The van der Waals surface area contributed by atoms with Crippen molar-refractivity contribution in [3.8, 4) is 16.8 Å². The van der Waals surface area contributed by atoms with Crippen molar-refractivity contribution in [2.75, 3.05) is 0 Å². The van der Waals surface area contributed by atoms with Crippen molar-refractivity contribution in [3.63, 3.8) is 0 Å². The van der Waals surface area contributed by atoms with E-state index in [9.17, 15) is 4.79 Å². The minimum atomic E-state index is -0.0746. The van der Waals surface area contributed by atoms with Gasteiger partial charge in [0.1, 0.15) is 0 Å². The van der Waals surface area contributed by atoms with E-state index in [0.29, 0.717) is 5.56 Å². The molecule has 0 atom stereocenters. The summed E-state index contributed by atoms with van der Waals surface area (Å²) in [5.41, 5.74) is 3.64. The minimum absolute atomic E-state index is 0.0746. The lowest BCUT2D eigenvalue weighted by atomic mass is 10.1. The highest BCUT2D eigenvalue weighted by atomic mass is 16.1. The molecule has 1 heterocycles. The van der Waals surface area contributed by atoms with Gasteiger partial charge in [0.05, 0.1) is 11.3 Å². The quantitative estimate of drug-likeness (QED) is 0.745. The summed E-state index contributed by atoms with van der Waals surface area (Å²) in [5.74, 6) is 0. The number of aromatic amines is 1. The molecule has 2 aromatic carbocycles. The van der Waals surface area contributed by atoms with Crippen molar-refractivity contribution < 1.29 is 0 Å². The molecule has 3 aromatic rings. The molecule has 0 aliphatic heterocycles. The summed E-state index contributed by atoms with van der Waals surface area (Å²) in [7, 11) is 0. The van der Waals surface area contributed by atoms with Gasteiger partial charge in [-0.2, -0.15) is 0 Å². The molecule has 1 N–H and O–H groups in total. The molecule has 0 fully saturated rings. The zero-order chi connectivity index (χ0) is 13.2. The lowest BCUT2D eigenvalue weighted by Gasteiger charge is -2.05. The van der Waals surface area contributed by atoms with Gasteiger partial charge < -0.3 is 0 Å². The summed E-state index contributed by atoms with van der Waals surface area (Å²) in [6.45, 7) is 2.02. The van der Waals surface area contributed by atoms with Crippen LogP contribution >= 0.6 is 0 Å². The molecular formula is C16H14N2O. The fraction of sp³-hybridized carbons (Fsp3) is 0.0625. The molecule has 19 heavy (non-hydrogen) atoms. The molecule has 0 saturated carbocycles. The Hall–Kier alpha value is -2.55. The molecule has 0 aliphatic carbocycles. The van der Waals surface area contributed by atoms with E-state index in [4.69, 9.17) is 0 Å². The number of aromatic nitrogens is 2. The fourth-order valence-corrected chi connectivity index (χ4v) is 2.18. The maximum absolute atomic E-state index is 12.0. The number of H-pyrrole nitrogens is 1. The second-order valence-electron chi connectivity index (χ2n) is 4.51. The van der Waals surface area contributed by atoms with E-state index in [2.05, 4.69) is 5.10 Å². The van der Waals surface area contributed by atoms with Gasteiger partial charge in [0, 0.05) is 6.20 Å². The molecule has 1 aromatic heterocycles. The highest BCUT2D eigenvalue weighted by molar-refractivity contribution is 5.62. The van der Waals surface area contributed by atoms with Gasteiger partial charge in [-0.1, -0.05) is 48.5 Å². The van der Waals surface area contributed by atoms with Gasteiger partial charge in [0.15, 0.2) is 0 Å². The number of nitrogens with zero attached hydrogens (tertiary/aromatic N) is 1. The van der Waals surface area contributed by atoms with E-state index in [-0.39, 0.29) is 5.56 Å². The van der Waals surface area contributed by atoms with Crippen LogP contribution in [-0.4, -0.2) is 9.78 Å². The van der Waals surface area contributed by atoms with E-state index in [1.807, 2.05) is 67.7 Å². The third kappa shape index (κ3) is 2.10. The third-order valence-corrected chi connectivity index (χ3v) is 3.18. The molecule has 3 rings (SSSR count). The molecule has 0 amide bonds. The molecule has 0 saturated heterocycles. The summed E-state index contributed by atoms with van der Waals surface area (Å²) >= 11 is 0. The van der Waals surface area contributed by atoms with Gasteiger partial charge in [0.25, 0.3) is 5.56 Å². The van der Waals surface area contributed by atoms with Crippen LogP contribution in [0.2, 0.25) is 0 Å². The topological polar surface area (TPSA) is 37.8 Å². The van der Waals surface area contributed by atoms with Gasteiger partial charge >= 0.3 is 0 Å². The molecule has 94 valence electrons. The van der Waals surface area contributed by atoms with Crippen LogP contribution < -0.4 is 5.56 Å². The van der Waals surface area contributed by atoms with Crippen LogP contribution in [0.5, 0.6) is 0 Å². The average molecular weight is 250 g/mol. The first-order valence-electron chi connectivity index (χ1n) is 6.19. The second-order valence-corrected chi connectivity index (χ2v) is 4.51. The Labute approximate surface area is 111 Å². The number of benzene rings is 2. The maximum atomic E-state index is 12.0. The Morgan fingerprint density at radius 3 is 2.37 bits per heavy atom. The number of para-hydroxylation sites is 1. The molecular weight excluding hydrogens is 236 g/mol. The predicted octanol–water partition coefficient (Wildman–Crippen LogP) is 3.14. The third-order valence-electron chi connectivity index (χ3n) is 3.18. The summed E-state index contributed by atoms with van der Waals surface area (Å²) in [6, 6.07) is 17.6. The first-order chi connectivity index (χ1) is 9.25. The largest absolute Gasteiger partial charge is 0.272 e. The molecule has 0 unspecified atom stereocenters. The first kappa shape index (κ1) is 11.5. The Morgan fingerprint density at radius 2 is 1.63 bits per heavy atom. The molecule has 0 radical (unpaired) electrons. The Morgan fingerprint density at radius 1 is 0.947 bits per heavy atom. The van der Waals surface area contributed by atoms with Crippen LogP contribution in [0.15, 0.2) is 65.6 Å². The second kappa shape index (κ2) is 4.61. The molecule has 0 bridgehead atoms. The Balaban J connectivity index is 2.13. The van der Waals surface area contributed by atoms with E-state index >= 15 is 0 Å². The summed E-state index contributed by atoms with van der Waals surface area (Å²) in [5, 5.41) is 2.86. The minimum Gasteiger partial charge on any atom is -0.267 e. The number of rotatable bonds is 2. The van der Waals surface area contributed by atoms with Gasteiger partial charge in [-0.3, -0.25) is 14.6 Å². The summed E-state index contributed by atoms with van der Waals surface area (Å²) in [6.07, 6.45) is 1.85. The monoisotopic (exact) mass is 250 g/mol. The van der Waals surface area contributed by atoms with E-state index in [1.165, 1.54) is 0 Å². The maximum Gasteiger partial charge on any atom is 0.272 e. The van der Waals surface area contributed by atoms with Crippen molar-refractivity contribution >= 4 is 0 Å². The van der Waals surface area contributed by atoms with E-state index in [1.54, 1.807) is 4.68 Å². The zero-order valence-corrected chi connectivity index (χ0v) is 10.6. The zero-order valence-electron chi connectivity index (χ0n) is 10.6. The van der Waals surface area contributed by atoms with E-state index in [0.717, 1.165) is 16.8 Å². The Bertz CT molecular complexity index is 754. The normalized spacial score (nSPS) is 10.6. The van der Waals surface area contributed by atoms with Crippen molar-refractivity contribution in [1.82, 2.24) is 9.78 Å². The van der Waals surface area contributed by atoms with Crippen molar-refractivity contribution in [2.45, 2.75) is 6.92 Å². The highest BCUT2D eigenvalue weighted by Gasteiger charge is 2.08. The molecule has 0 aliphatic rings. The first-order valence-corrected chi connectivity index (χ1v) is 6.19. The lowest BCUT2D eigenvalue weighted by molar-refractivity contribution is 0.857. The number of hydrogen-bond donors (Lipinski definition) is 1. The molecule has 0 spiro atoms. The van der Waals surface area contributed by atoms with Gasteiger partial charge in [-0.05, 0) is 24.1 Å². The summed E-state index contributed by atoms with van der Waals surface area (Å²) in [4.78, 5) is 12.0. The number of nitrogens with one attached hydrogen (secondary N) is 1. The van der Waals surface area contributed by atoms with Gasteiger partial charge in [0.2, 0.25) is 0 Å². The van der Waals surface area contributed by atoms with E-state index < -0.39 is 0 Å². The van der Waals surface area contributed by atoms with Crippen LogP contribution in [0.4, 0.5) is 0 Å². The molecule has 3 heteroatoms. The highest BCUT2D eigenvalue weighted by Crippen LogP contribution is 2.17. The van der Waals surface area contributed by atoms with Crippen molar-refractivity contribution in [2.24, 2.45) is 0 Å². The number of aryl methyl sites for hydroxylation is 1. The van der Waals surface area contributed by atoms with Gasteiger partial charge in [-0.25, -0.2) is 0 Å². The lowest BCUT2D eigenvalue weighted by Crippen LogP contribution is -2.05. The fourth-order valence-electron chi connectivity index (χ4n) is 2.18. The van der Waals surface area contributed by atoms with Crippen LogP contribution in [0, 0.1) is 6.92 Å². The van der Waals surface area contributed by atoms with Gasteiger partial charge in [-0.15, -0.1) is 0 Å². The Kier molecular flexibility index (Phi) is 2.80. The predicted molar refractivity (Wildman–Crippen MR) is 76.6 cm³/mol. The molecule has 3 nitrogen and oxygen atoms in total. The van der Waals surface area contributed by atoms with Crippen molar-refractivity contribution in [1.29, 1.82) is 0 Å². The summed E-state index contributed by atoms with van der Waals surface area (Å²) < 4.78 is 1.78. The van der Waals surface area contributed by atoms with Crippen LogP contribution in [0.1, 0.15) is 5.56 Å². The average Bonchev–Trinajstić information content (AvgIpc) is 2.82. The number of hydrogen-bond acceptors (Lipinski definition) is 1. The smallest absolute Gasteiger partial charge is 0.267 e. The standard InChI is InChI=1S/C16H14N2O/c1-12-7-5-6-10-15(12)18-11-14(16(19)17-18)13-8-3-2-4-9-13/h2-11H,1H3,(H,17,19). The van der Waals surface area contributed by atoms with Crippen LogP contribution in [0.25, 0.3) is 16.8 Å². The van der Waals surface area contributed by atoms with Crippen LogP contribution in [-0.2, 0) is 0 Å².